The SMILES string of the molecule is CSc1ccccc1NC(=O)c1cc2n(n1)[C@H](C(F)(F)F)[C@H]1CCc3ccccc3[C@H]1N2. The number of carbonyl (C=O) groups is 1. The number of nitrogens with zero attached hydrogens (tertiary/aromatic N) is 2. The molecule has 0 bridgehead atoms. The Bertz CT molecular complexity index is 1180. The second-order valence-corrected chi connectivity index (χ2v) is 8.87. The van der Waals surface area contributed by atoms with Gasteiger partial charge < -0.3 is 10.6 Å². The molecule has 0 unspecified atom stereocenters. The minimum Gasteiger partial charge on any atom is -0.363 e. The Labute approximate surface area is 187 Å². The van der Waals surface area contributed by atoms with Gasteiger partial charge in [0, 0.05) is 16.9 Å². The third kappa shape index (κ3) is 3.54. The summed E-state index contributed by atoms with van der Waals surface area (Å²) in [7, 11) is 0. The molecule has 9 heteroatoms. The summed E-state index contributed by atoms with van der Waals surface area (Å²) < 4.78 is 43.6. The number of alkyl halides is 3. The molecule has 1 amide bonds. The Morgan fingerprint density at radius 2 is 1.94 bits per heavy atom. The van der Waals surface area contributed by atoms with Crippen molar-refractivity contribution in [1.29, 1.82) is 0 Å². The highest BCUT2D eigenvalue weighted by Crippen LogP contribution is 2.51. The largest absolute Gasteiger partial charge is 0.411 e. The van der Waals surface area contributed by atoms with Gasteiger partial charge in [0.2, 0.25) is 0 Å². The number of nitrogens with one attached hydrogen (secondary N) is 2. The fraction of sp³-hybridized carbons (Fsp3) is 0.304. The quantitative estimate of drug-likeness (QED) is 0.495. The predicted octanol–water partition coefficient (Wildman–Crippen LogP) is 5.69. The van der Waals surface area contributed by atoms with E-state index in [4.69, 9.17) is 0 Å². The second-order valence-electron chi connectivity index (χ2n) is 8.02. The highest BCUT2D eigenvalue weighted by Gasteiger charge is 2.53. The van der Waals surface area contributed by atoms with Crippen LogP contribution in [0, 0.1) is 5.92 Å². The number of benzene rings is 2. The number of rotatable bonds is 3. The van der Waals surface area contributed by atoms with Gasteiger partial charge in [-0.25, -0.2) is 4.68 Å². The third-order valence-corrected chi connectivity index (χ3v) is 6.99. The van der Waals surface area contributed by atoms with E-state index in [2.05, 4.69) is 15.7 Å². The van der Waals surface area contributed by atoms with Crippen LogP contribution in [0.15, 0.2) is 59.5 Å². The molecule has 3 aromatic rings. The van der Waals surface area contributed by atoms with Crippen LogP contribution >= 0.6 is 11.8 Å². The number of aryl methyl sites for hydroxylation is 1. The van der Waals surface area contributed by atoms with Crippen LogP contribution in [-0.4, -0.2) is 28.1 Å². The third-order valence-electron chi connectivity index (χ3n) is 6.20. The molecule has 166 valence electrons. The first-order chi connectivity index (χ1) is 15.4. The van der Waals surface area contributed by atoms with Crippen molar-refractivity contribution in [2.24, 2.45) is 5.92 Å². The molecular formula is C23H21F3N4OS. The van der Waals surface area contributed by atoms with Crippen molar-refractivity contribution in [2.45, 2.75) is 36.0 Å². The number of fused-ring (bicyclic) bond motifs is 4. The monoisotopic (exact) mass is 458 g/mol. The standard InChI is InChI=1S/C23H21F3N4OS/c1-32-18-9-5-4-8-16(18)27-22(31)17-12-19-28-20-14-7-3-2-6-13(14)10-11-15(20)21(23(24,25)26)30(19)29-17/h2-9,12,15,20-21,28H,10-11H2,1H3,(H,27,31)/t15-,20+,21-/m0/s1. The molecule has 0 radical (unpaired) electrons. The van der Waals surface area contributed by atoms with Crippen LogP contribution < -0.4 is 10.6 Å². The zero-order chi connectivity index (χ0) is 22.5. The predicted molar refractivity (Wildman–Crippen MR) is 118 cm³/mol. The van der Waals surface area contributed by atoms with Crippen LogP contribution in [-0.2, 0) is 6.42 Å². The van der Waals surface area contributed by atoms with Crippen molar-refractivity contribution in [3.05, 3.63) is 71.4 Å². The van der Waals surface area contributed by atoms with Crippen molar-refractivity contribution in [2.75, 3.05) is 16.9 Å². The number of halogens is 3. The topological polar surface area (TPSA) is 59.0 Å². The van der Waals surface area contributed by atoms with E-state index in [0.717, 1.165) is 20.7 Å². The van der Waals surface area contributed by atoms with E-state index in [1.165, 1.54) is 17.8 Å². The Hall–Kier alpha value is -2.94. The molecule has 0 saturated carbocycles. The lowest BCUT2D eigenvalue weighted by molar-refractivity contribution is -0.188. The van der Waals surface area contributed by atoms with E-state index < -0.39 is 30.1 Å². The van der Waals surface area contributed by atoms with Crippen molar-refractivity contribution in [3.63, 3.8) is 0 Å². The number of amides is 1. The lowest BCUT2D eigenvalue weighted by Crippen LogP contribution is -2.45. The maximum Gasteiger partial charge on any atom is 0.411 e. The number of para-hydroxylation sites is 1. The van der Waals surface area contributed by atoms with Gasteiger partial charge in [0.15, 0.2) is 11.7 Å². The van der Waals surface area contributed by atoms with E-state index in [-0.39, 0.29) is 11.5 Å². The van der Waals surface area contributed by atoms with Crippen LogP contribution in [0.3, 0.4) is 0 Å². The number of carbonyl (C=O) groups excluding carboxylic acids is 1. The molecule has 1 aliphatic carbocycles. The fourth-order valence-corrected chi connectivity index (χ4v) is 5.34. The summed E-state index contributed by atoms with van der Waals surface area (Å²) in [4.78, 5) is 13.7. The number of thioether (sulfide) groups is 1. The van der Waals surface area contributed by atoms with Crippen LogP contribution in [0.4, 0.5) is 24.7 Å². The van der Waals surface area contributed by atoms with Crippen molar-refractivity contribution < 1.29 is 18.0 Å². The maximum atomic E-state index is 14.2. The van der Waals surface area contributed by atoms with Crippen LogP contribution in [0.1, 0.15) is 40.1 Å². The molecule has 2 heterocycles. The molecule has 0 fully saturated rings. The molecule has 5 nitrogen and oxygen atoms in total. The first-order valence-corrected chi connectivity index (χ1v) is 11.5. The van der Waals surface area contributed by atoms with Gasteiger partial charge in [-0.2, -0.15) is 18.3 Å². The number of hydrogen-bond acceptors (Lipinski definition) is 4. The Kier molecular flexibility index (Phi) is 5.16. The van der Waals surface area contributed by atoms with Gasteiger partial charge in [0.25, 0.3) is 5.91 Å². The van der Waals surface area contributed by atoms with Crippen LogP contribution in [0.5, 0.6) is 0 Å². The maximum absolute atomic E-state index is 14.2. The molecule has 2 aliphatic rings. The van der Waals surface area contributed by atoms with Crippen LogP contribution in [0.25, 0.3) is 0 Å². The lowest BCUT2D eigenvalue weighted by atomic mass is 9.75. The minimum atomic E-state index is -4.49. The average Bonchev–Trinajstić information content (AvgIpc) is 3.20. The summed E-state index contributed by atoms with van der Waals surface area (Å²) in [6.07, 6.45) is -1.63. The summed E-state index contributed by atoms with van der Waals surface area (Å²) in [5.74, 6) is -1.04. The van der Waals surface area contributed by atoms with E-state index in [9.17, 15) is 18.0 Å². The number of anilines is 2. The van der Waals surface area contributed by atoms with Gasteiger partial charge >= 0.3 is 6.18 Å². The van der Waals surface area contributed by atoms with Crippen molar-refractivity contribution in [1.82, 2.24) is 9.78 Å². The van der Waals surface area contributed by atoms with Crippen LogP contribution in [0.2, 0.25) is 0 Å². The molecule has 1 aromatic heterocycles. The van der Waals surface area contributed by atoms with Gasteiger partial charge in [-0.05, 0) is 42.4 Å². The zero-order valence-corrected chi connectivity index (χ0v) is 18.0. The first kappa shape index (κ1) is 20.9. The zero-order valence-electron chi connectivity index (χ0n) is 17.2. The van der Waals surface area contributed by atoms with Crippen molar-refractivity contribution >= 4 is 29.2 Å². The molecule has 2 aromatic carbocycles. The Balaban J connectivity index is 1.52. The molecule has 2 N–H and O–H groups in total. The minimum absolute atomic E-state index is 0.0513. The highest BCUT2D eigenvalue weighted by molar-refractivity contribution is 7.98. The molecule has 0 spiro atoms. The van der Waals surface area contributed by atoms with E-state index in [1.54, 1.807) is 12.1 Å². The van der Waals surface area contributed by atoms with E-state index in [0.29, 0.717) is 18.5 Å². The average molecular weight is 459 g/mol. The molecule has 1 aliphatic heterocycles. The van der Waals surface area contributed by atoms with Gasteiger partial charge in [0.05, 0.1) is 11.7 Å². The summed E-state index contributed by atoms with van der Waals surface area (Å²) in [5.41, 5.74) is 2.48. The number of aromatic nitrogens is 2. The van der Waals surface area contributed by atoms with Gasteiger partial charge in [-0.3, -0.25) is 4.79 Å². The smallest absolute Gasteiger partial charge is 0.363 e. The molecule has 32 heavy (non-hydrogen) atoms. The molecule has 3 atom stereocenters. The second kappa shape index (κ2) is 7.88. The highest BCUT2D eigenvalue weighted by atomic mass is 32.2. The first-order valence-electron chi connectivity index (χ1n) is 10.3. The lowest BCUT2D eigenvalue weighted by Gasteiger charge is -2.43. The molecule has 0 saturated heterocycles. The van der Waals surface area contributed by atoms with Gasteiger partial charge in [-0.15, -0.1) is 11.8 Å². The van der Waals surface area contributed by atoms with Crippen molar-refractivity contribution in [3.8, 4) is 0 Å². The molecular weight excluding hydrogens is 437 g/mol. The number of hydrogen-bond donors (Lipinski definition) is 2. The van der Waals surface area contributed by atoms with E-state index in [1.807, 2.05) is 42.7 Å². The Morgan fingerprint density at radius 1 is 1.19 bits per heavy atom. The Morgan fingerprint density at radius 3 is 2.72 bits per heavy atom. The summed E-state index contributed by atoms with van der Waals surface area (Å²) >= 11 is 1.47. The van der Waals surface area contributed by atoms with Gasteiger partial charge in [-0.1, -0.05) is 36.4 Å². The summed E-state index contributed by atoms with van der Waals surface area (Å²) in [6, 6.07) is 14.0. The summed E-state index contributed by atoms with van der Waals surface area (Å²) in [6.45, 7) is 0. The van der Waals surface area contributed by atoms with Gasteiger partial charge in [0.1, 0.15) is 5.82 Å². The van der Waals surface area contributed by atoms with E-state index >= 15 is 0 Å². The molecule has 5 rings (SSSR count). The summed E-state index contributed by atoms with van der Waals surface area (Å²) in [5, 5.41) is 10.1. The normalized spacial score (nSPS) is 21.7. The fourth-order valence-electron chi connectivity index (χ4n) is 4.79.